The van der Waals surface area contributed by atoms with Crippen LogP contribution >= 0.6 is 0 Å². The summed E-state index contributed by atoms with van der Waals surface area (Å²) in [4.78, 5) is 19.2. The van der Waals surface area contributed by atoms with Gasteiger partial charge in [-0.05, 0) is 44.4 Å². The Morgan fingerprint density at radius 1 is 1.24 bits per heavy atom. The van der Waals surface area contributed by atoms with E-state index in [-0.39, 0.29) is 11.9 Å². The van der Waals surface area contributed by atoms with Crippen molar-refractivity contribution < 1.29 is 4.79 Å². The predicted octanol–water partition coefficient (Wildman–Crippen LogP) is 3.99. The van der Waals surface area contributed by atoms with E-state index in [0.717, 1.165) is 37.3 Å². The lowest BCUT2D eigenvalue weighted by atomic mass is 9.90. The number of benzene rings is 1. The Morgan fingerprint density at radius 2 is 2.07 bits per heavy atom. The first-order valence-electron chi connectivity index (χ1n) is 10.2. The number of aromatic amines is 1. The van der Waals surface area contributed by atoms with Crippen molar-refractivity contribution in [2.24, 2.45) is 0 Å². The number of anilines is 1. The molecule has 3 aromatic rings. The maximum absolute atomic E-state index is 12.4. The lowest BCUT2D eigenvalue weighted by molar-refractivity contribution is 0.0943. The summed E-state index contributed by atoms with van der Waals surface area (Å²) in [5, 5.41) is 10.5. The molecule has 1 aromatic carbocycles. The van der Waals surface area contributed by atoms with E-state index in [2.05, 4.69) is 49.7 Å². The van der Waals surface area contributed by atoms with Gasteiger partial charge in [-0.2, -0.15) is 5.10 Å². The highest BCUT2D eigenvalue weighted by atomic mass is 16.1. The second kappa shape index (κ2) is 8.47. The summed E-state index contributed by atoms with van der Waals surface area (Å²) in [6.07, 6.45) is 5.81. The van der Waals surface area contributed by atoms with Gasteiger partial charge in [0.2, 0.25) is 0 Å². The number of hydrogen-bond acceptors (Lipinski definition) is 4. The van der Waals surface area contributed by atoms with Gasteiger partial charge < -0.3 is 10.2 Å². The van der Waals surface area contributed by atoms with E-state index < -0.39 is 0 Å². The molecule has 6 nitrogen and oxygen atoms in total. The van der Waals surface area contributed by atoms with Gasteiger partial charge in [-0.25, -0.2) is 4.98 Å². The molecule has 2 N–H and O–H groups in total. The molecule has 1 fully saturated rings. The monoisotopic (exact) mass is 389 g/mol. The molecule has 1 aliphatic heterocycles. The fourth-order valence-corrected chi connectivity index (χ4v) is 3.95. The number of H-pyrrole nitrogens is 1. The first kappa shape index (κ1) is 19.2. The van der Waals surface area contributed by atoms with E-state index in [4.69, 9.17) is 0 Å². The first-order valence-corrected chi connectivity index (χ1v) is 10.2. The van der Waals surface area contributed by atoms with Gasteiger partial charge in [0.1, 0.15) is 5.82 Å². The van der Waals surface area contributed by atoms with Crippen molar-refractivity contribution in [1.82, 2.24) is 20.5 Å². The molecule has 6 heteroatoms. The van der Waals surface area contributed by atoms with Gasteiger partial charge in [-0.3, -0.25) is 9.89 Å². The Kier molecular flexibility index (Phi) is 5.60. The van der Waals surface area contributed by atoms with Crippen molar-refractivity contribution in [2.75, 3.05) is 18.0 Å². The zero-order valence-corrected chi connectivity index (χ0v) is 16.9. The van der Waals surface area contributed by atoms with Crippen LogP contribution in [0, 0.1) is 0 Å². The lowest BCUT2D eigenvalue weighted by Crippen LogP contribution is -2.35. The number of nitrogens with zero attached hydrogens (tertiary/aromatic N) is 3. The molecular formula is C23H27N5O. The molecule has 0 saturated carbocycles. The van der Waals surface area contributed by atoms with Crippen LogP contribution in [0.15, 0.2) is 54.9 Å². The summed E-state index contributed by atoms with van der Waals surface area (Å²) in [5.74, 6) is 1.14. The molecule has 0 bridgehead atoms. The number of rotatable bonds is 5. The van der Waals surface area contributed by atoms with Crippen LogP contribution in [-0.4, -0.2) is 40.2 Å². The van der Waals surface area contributed by atoms with E-state index in [1.807, 2.05) is 32.2 Å². The molecule has 150 valence electrons. The molecule has 29 heavy (non-hydrogen) atoms. The fraction of sp³-hybridized carbons (Fsp3) is 0.348. The Balaban J connectivity index is 1.55. The van der Waals surface area contributed by atoms with Crippen molar-refractivity contribution in [1.29, 1.82) is 0 Å². The fourth-order valence-electron chi connectivity index (χ4n) is 3.95. The molecule has 0 aliphatic carbocycles. The van der Waals surface area contributed by atoms with Crippen molar-refractivity contribution in [2.45, 2.75) is 38.6 Å². The van der Waals surface area contributed by atoms with Crippen LogP contribution in [-0.2, 0) is 0 Å². The summed E-state index contributed by atoms with van der Waals surface area (Å²) in [5.41, 5.74) is 4.17. The molecule has 0 unspecified atom stereocenters. The highest BCUT2D eigenvalue weighted by Gasteiger charge is 2.26. The lowest BCUT2D eigenvalue weighted by Gasteiger charge is -2.33. The van der Waals surface area contributed by atoms with Gasteiger partial charge >= 0.3 is 0 Å². The number of carbonyl (C=O) groups is 1. The van der Waals surface area contributed by atoms with Crippen LogP contribution in [0.3, 0.4) is 0 Å². The Labute approximate surface area is 171 Å². The molecular weight excluding hydrogens is 362 g/mol. The summed E-state index contributed by atoms with van der Waals surface area (Å²) < 4.78 is 0. The minimum Gasteiger partial charge on any atom is -0.356 e. The van der Waals surface area contributed by atoms with Crippen LogP contribution in [0.25, 0.3) is 11.1 Å². The molecule has 1 saturated heterocycles. The van der Waals surface area contributed by atoms with E-state index >= 15 is 0 Å². The standard InChI is InChI=1S/C23H27N5O/c1-16(2)26-23(29)18-10-11-24-21(13-18)28-12-6-9-19(15-28)22-20(14-25-27-22)17-7-4-3-5-8-17/h3-5,7-8,10-11,13-14,16,19H,6,9,12,15H2,1-2H3,(H,25,27)(H,26,29)/t19-/m1/s1. The van der Waals surface area contributed by atoms with Crippen molar-refractivity contribution in [3.8, 4) is 11.1 Å². The van der Waals surface area contributed by atoms with Crippen LogP contribution in [0.2, 0.25) is 0 Å². The molecule has 4 rings (SSSR count). The van der Waals surface area contributed by atoms with E-state index in [1.165, 1.54) is 11.3 Å². The Hall–Kier alpha value is -3.15. The van der Waals surface area contributed by atoms with Crippen molar-refractivity contribution in [3.63, 3.8) is 0 Å². The van der Waals surface area contributed by atoms with E-state index in [9.17, 15) is 4.79 Å². The third kappa shape index (κ3) is 4.31. The summed E-state index contributed by atoms with van der Waals surface area (Å²) in [7, 11) is 0. The van der Waals surface area contributed by atoms with Gasteiger partial charge in [0.25, 0.3) is 5.91 Å². The largest absolute Gasteiger partial charge is 0.356 e. The Morgan fingerprint density at radius 3 is 2.86 bits per heavy atom. The zero-order valence-electron chi connectivity index (χ0n) is 16.9. The Bertz CT molecular complexity index is 966. The number of piperidine rings is 1. The second-order valence-electron chi connectivity index (χ2n) is 7.88. The van der Waals surface area contributed by atoms with Gasteiger partial charge in [-0.15, -0.1) is 0 Å². The SMILES string of the molecule is CC(C)NC(=O)c1ccnc(N2CCC[C@@H](c3[nH]ncc3-c3ccccc3)C2)c1. The van der Waals surface area contributed by atoms with Crippen LogP contribution in [0.1, 0.15) is 48.7 Å². The van der Waals surface area contributed by atoms with Gasteiger partial charge in [0.15, 0.2) is 0 Å². The summed E-state index contributed by atoms with van der Waals surface area (Å²) in [6.45, 7) is 5.71. The number of pyridine rings is 1. The van der Waals surface area contributed by atoms with Crippen LogP contribution in [0.5, 0.6) is 0 Å². The van der Waals surface area contributed by atoms with Gasteiger partial charge in [0.05, 0.1) is 6.20 Å². The number of hydrogen-bond donors (Lipinski definition) is 2. The number of nitrogens with one attached hydrogen (secondary N) is 2. The molecule has 1 atom stereocenters. The topological polar surface area (TPSA) is 73.9 Å². The van der Waals surface area contributed by atoms with Crippen molar-refractivity contribution in [3.05, 3.63) is 66.1 Å². The second-order valence-corrected chi connectivity index (χ2v) is 7.88. The summed E-state index contributed by atoms with van der Waals surface area (Å²) >= 11 is 0. The minimum atomic E-state index is -0.0582. The average molecular weight is 390 g/mol. The van der Waals surface area contributed by atoms with Gasteiger partial charge in [-0.1, -0.05) is 30.3 Å². The minimum absolute atomic E-state index is 0.0582. The zero-order chi connectivity index (χ0) is 20.2. The molecule has 1 aliphatic rings. The number of aromatic nitrogens is 3. The predicted molar refractivity (Wildman–Crippen MR) is 115 cm³/mol. The maximum atomic E-state index is 12.4. The van der Waals surface area contributed by atoms with Crippen LogP contribution < -0.4 is 10.2 Å². The molecule has 2 aromatic heterocycles. The number of amides is 1. The smallest absolute Gasteiger partial charge is 0.251 e. The highest BCUT2D eigenvalue weighted by molar-refractivity contribution is 5.95. The highest BCUT2D eigenvalue weighted by Crippen LogP contribution is 2.34. The van der Waals surface area contributed by atoms with Gasteiger partial charge in [0, 0.05) is 48.1 Å². The third-order valence-corrected chi connectivity index (χ3v) is 5.33. The molecule has 0 radical (unpaired) electrons. The van der Waals surface area contributed by atoms with Crippen molar-refractivity contribution >= 4 is 11.7 Å². The van der Waals surface area contributed by atoms with E-state index in [0.29, 0.717) is 11.5 Å². The first-order chi connectivity index (χ1) is 14.1. The van der Waals surface area contributed by atoms with Crippen LogP contribution in [0.4, 0.5) is 5.82 Å². The number of carbonyl (C=O) groups excluding carboxylic acids is 1. The van der Waals surface area contributed by atoms with E-state index in [1.54, 1.807) is 12.3 Å². The third-order valence-electron chi connectivity index (χ3n) is 5.33. The summed E-state index contributed by atoms with van der Waals surface area (Å²) in [6, 6.07) is 14.1. The normalized spacial score (nSPS) is 16.8. The maximum Gasteiger partial charge on any atom is 0.251 e. The quantitative estimate of drug-likeness (QED) is 0.692. The molecule has 0 spiro atoms. The average Bonchev–Trinajstić information content (AvgIpc) is 3.24. The molecule has 3 heterocycles. The molecule has 1 amide bonds.